The number of phenols is 1. The number of hydrogen-bond donors (Lipinski definition) is 2. The fraction of sp³-hybridized carbons (Fsp3) is 0.381. The van der Waals surface area contributed by atoms with E-state index >= 15 is 0 Å². The van der Waals surface area contributed by atoms with E-state index in [9.17, 15) is 18.8 Å². The molecule has 0 saturated carbocycles. The second kappa shape index (κ2) is 7.55. The monoisotopic (exact) mass is 398 g/mol. The van der Waals surface area contributed by atoms with Crippen LogP contribution >= 0.6 is 0 Å². The zero-order valence-electron chi connectivity index (χ0n) is 15.7. The molecule has 4 rings (SSSR count). The van der Waals surface area contributed by atoms with Crippen LogP contribution in [0.1, 0.15) is 28.7 Å². The first-order valence-corrected chi connectivity index (χ1v) is 11.1. The van der Waals surface area contributed by atoms with Gasteiger partial charge in [0.25, 0.3) is 0 Å². The van der Waals surface area contributed by atoms with Gasteiger partial charge in [0.15, 0.2) is 0 Å². The molecule has 6 nitrogen and oxygen atoms in total. The van der Waals surface area contributed by atoms with E-state index in [1.54, 1.807) is 12.1 Å². The van der Waals surface area contributed by atoms with Crippen LogP contribution in [-0.4, -0.2) is 44.0 Å². The summed E-state index contributed by atoms with van der Waals surface area (Å²) < 4.78 is 27.3. The first-order valence-electron chi connectivity index (χ1n) is 9.65. The fourth-order valence-corrected chi connectivity index (χ4v) is 5.80. The molecule has 0 amide bonds. The number of sulfonamides is 1. The van der Waals surface area contributed by atoms with Crippen LogP contribution in [0.5, 0.6) is 5.75 Å². The summed E-state index contributed by atoms with van der Waals surface area (Å²) in [5.41, 5.74) is 3.71. The zero-order valence-corrected chi connectivity index (χ0v) is 16.5. The number of nitriles is 1. The Bertz CT molecular complexity index is 1040. The van der Waals surface area contributed by atoms with Crippen molar-refractivity contribution < 1.29 is 18.4 Å². The lowest BCUT2D eigenvalue weighted by Crippen LogP contribution is -3.13. The predicted octanol–water partition coefficient (Wildman–Crippen LogP) is 0.842. The van der Waals surface area contributed by atoms with Crippen molar-refractivity contribution in [1.82, 2.24) is 4.31 Å². The van der Waals surface area contributed by atoms with Gasteiger partial charge >= 0.3 is 0 Å². The SMILES string of the molecule is N#Cc1ccccc1S(=O)(=O)N1CC[NH+](Cc2cc3c(cc2O)CCC3)CC1. The number of nitrogens with zero attached hydrogens (tertiary/aromatic N) is 2. The topological polar surface area (TPSA) is 85.8 Å². The highest BCUT2D eigenvalue weighted by Crippen LogP contribution is 2.29. The number of fused-ring (bicyclic) bond motifs is 1. The molecule has 2 aromatic rings. The Kier molecular flexibility index (Phi) is 5.11. The number of benzene rings is 2. The Morgan fingerprint density at radius 3 is 2.50 bits per heavy atom. The van der Waals surface area contributed by atoms with Gasteiger partial charge in [0.05, 0.1) is 36.6 Å². The summed E-state index contributed by atoms with van der Waals surface area (Å²) in [6.07, 6.45) is 3.25. The average molecular weight is 399 g/mol. The van der Waals surface area contributed by atoms with E-state index in [1.807, 2.05) is 12.1 Å². The molecule has 0 bridgehead atoms. The Morgan fingerprint density at radius 1 is 1.11 bits per heavy atom. The molecule has 1 fully saturated rings. The molecule has 0 spiro atoms. The molecule has 146 valence electrons. The first kappa shape index (κ1) is 18.9. The summed E-state index contributed by atoms with van der Waals surface area (Å²) in [5.74, 6) is 0.353. The highest BCUT2D eigenvalue weighted by atomic mass is 32.2. The van der Waals surface area contributed by atoms with Crippen molar-refractivity contribution in [2.24, 2.45) is 0 Å². The van der Waals surface area contributed by atoms with E-state index in [2.05, 4.69) is 6.07 Å². The number of rotatable bonds is 4. The molecule has 7 heteroatoms. The lowest BCUT2D eigenvalue weighted by atomic mass is 10.0. The molecule has 0 radical (unpaired) electrons. The number of aryl methyl sites for hydroxylation is 2. The van der Waals surface area contributed by atoms with E-state index in [0.717, 1.165) is 24.8 Å². The maximum atomic E-state index is 12.9. The molecule has 1 heterocycles. The second-order valence-electron chi connectivity index (χ2n) is 7.54. The minimum Gasteiger partial charge on any atom is -0.507 e. The molecule has 2 aliphatic rings. The van der Waals surface area contributed by atoms with Crippen molar-refractivity contribution in [1.29, 1.82) is 5.26 Å². The highest BCUT2D eigenvalue weighted by Gasteiger charge is 2.32. The van der Waals surface area contributed by atoms with Gasteiger partial charge in [0.1, 0.15) is 18.4 Å². The Hall–Kier alpha value is -2.40. The van der Waals surface area contributed by atoms with Gasteiger partial charge in [-0.1, -0.05) is 12.1 Å². The molecule has 0 aromatic heterocycles. The van der Waals surface area contributed by atoms with Crippen molar-refractivity contribution in [3.05, 3.63) is 58.7 Å². The molecule has 1 aliphatic heterocycles. The molecule has 0 atom stereocenters. The average Bonchev–Trinajstić information content (AvgIpc) is 3.15. The number of nitrogens with one attached hydrogen (secondary N) is 1. The van der Waals surface area contributed by atoms with Gasteiger partial charge < -0.3 is 10.0 Å². The van der Waals surface area contributed by atoms with Crippen LogP contribution in [0.2, 0.25) is 0 Å². The highest BCUT2D eigenvalue weighted by molar-refractivity contribution is 7.89. The van der Waals surface area contributed by atoms with Gasteiger partial charge in [-0.2, -0.15) is 9.57 Å². The minimum atomic E-state index is -3.67. The summed E-state index contributed by atoms with van der Waals surface area (Å²) in [7, 11) is -3.67. The number of hydrogen-bond acceptors (Lipinski definition) is 4. The Labute approximate surface area is 165 Å². The molecule has 1 saturated heterocycles. The number of piperazine rings is 1. The summed E-state index contributed by atoms with van der Waals surface area (Å²) >= 11 is 0. The lowest BCUT2D eigenvalue weighted by Gasteiger charge is -2.31. The molecular weight excluding hydrogens is 374 g/mol. The van der Waals surface area contributed by atoms with Crippen LogP contribution in [0, 0.1) is 11.3 Å². The molecule has 2 aromatic carbocycles. The first-order chi connectivity index (χ1) is 13.5. The molecular formula is C21H24N3O3S+. The summed E-state index contributed by atoms with van der Waals surface area (Å²) in [5, 5.41) is 19.6. The quantitative estimate of drug-likeness (QED) is 0.799. The Balaban J connectivity index is 1.45. The van der Waals surface area contributed by atoms with Crippen molar-refractivity contribution in [2.45, 2.75) is 30.7 Å². The minimum absolute atomic E-state index is 0.0808. The third kappa shape index (κ3) is 3.51. The predicted molar refractivity (Wildman–Crippen MR) is 104 cm³/mol. The number of phenolic OH excluding ortho intramolecular Hbond substituents is 1. The largest absolute Gasteiger partial charge is 0.507 e. The Morgan fingerprint density at radius 2 is 1.79 bits per heavy atom. The van der Waals surface area contributed by atoms with E-state index in [4.69, 9.17) is 0 Å². The van der Waals surface area contributed by atoms with Crippen LogP contribution in [0.4, 0.5) is 0 Å². The van der Waals surface area contributed by atoms with E-state index in [0.29, 0.717) is 38.5 Å². The standard InChI is InChI=1S/C21H23N3O3S/c22-14-18-4-1-2-7-21(18)28(26,27)24-10-8-23(9-11-24)15-19-12-16-5-3-6-17(16)13-20(19)25/h1-2,4,7,12-13,25H,3,5-6,8-11,15H2/p+1. The molecule has 2 N–H and O–H groups in total. The number of quaternary nitrogens is 1. The van der Waals surface area contributed by atoms with Gasteiger partial charge in [-0.3, -0.25) is 0 Å². The lowest BCUT2D eigenvalue weighted by molar-refractivity contribution is -0.917. The summed E-state index contributed by atoms with van der Waals surface area (Å²) in [6, 6.07) is 12.3. The van der Waals surface area contributed by atoms with Crippen molar-refractivity contribution in [3.63, 3.8) is 0 Å². The van der Waals surface area contributed by atoms with Crippen LogP contribution in [0.15, 0.2) is 41.3 Å². The van der Waals surface area contributed by atoms with E-state index in [-0.39, 0.29) is 10.5 Å². The summed E-state index contributed by atoms with van der Waals surface area (Å²) in [6.45, 7) is 2.85. The van der Waals surface area contributed by atoms with Crippen molar-refractivity contribution in [3.8, 4) is 11.8 Å². The van der Waals surface area contributed by atoms with Crippen LogP contribution < -0.4 is 4.90 Å². The van der Waals surface area contributed by atoms with Crippen LogP contribution in [0.3, 0.4) is 0 Å². The smallest absolute Gasteiger partial charge is 0.244 e. The molecule has 1 aliphatic carbocycles. The van der Waals surface area contributed by atoms with Crippen LogP contribution in [0.25, 0.3) is 0 Å². The van der Waals surface area contributed by atoms with Crippen molar-refractivity contribution >= 4 is 10.0 Å². The van der Waals surface area contributed by atoms with E-state index < -0.39 is 10.0 Å². The fourth-order valence-electron chi connectivity index (χ4n) is 4.22. The maximum absolute atomic E-state index is 12.9. The zero-order chi connectivity index (χ0) is 19.7. The molecule has 28 heavy (non-hydrogen) atoms. The van der Waals surface area contributed by atoms with E-state index in [1.165, 1.54) is 32.5 Å². The van der Waals surface area contributed by atoms with Gasteiger partial charge in [-0.05, 0) is 54.7 Å². The maximum Gasteiger partial charge on any atom is 0.244 e. The second-order valence-corrected chi connectivity index (χ2v) is 9.45. The van der Waals surface area contributed by atoms with Gasteiger partial charge in [-0.25, -0.2) is 8.42 Å². The third-order valence-corrected chi connectivity index (χ3v) is 7.75. The van der Waals surface area contributed by atoms with Crippen molar-refractivity contribution in [2.75, 3.05) is 26.2 Å². The summed E-state index contributed by atoms with van der Waals surface area (Å²) in [4.78, 5) is 1.34. The molecule has 0 unspecified atom stereocenters. The third-order valence-electron chi connectivity index (χ3n) is 5.79. The number of aromatic hydroxyl groups is 1. The van der Waals surface area contributed by atoms with Gasteiger partial charge in [0.2, 0.25) is 10.0 Å². The normalized spacial score (nSPS) is 18.0. The van der Waals surface area contributed by atoms with Gasteiger partial charge in [-0.15, -0.1) is 0 Å². The van der Waals surface area contributed by atoms with Crippen LogP contribution in [-0.2, 0) is 29.4 Å². The van der Waals surface area contributed by atoms with Gasteiger partial charge in [0, 0.05) is 5.56 Å².